The average molecular weight is 221 g/mol. The van der Waals surface area contributed by atoms with Gasteiger partial charge in [0, 0.05) is 6.42 Å². The monoisotopic (exact) mass is 221 g/mol. The van der Waals surface area contributed by atoms with Gasteiger partial charge in [0.05, 0.1) is 13.2 Å². The van der Waals surface area contributed by atoms with E-state index in [0.29, 0.717) is 5.92 Å². The highest BCUT2D eigenvalue weighted by Gasteiger charge is 2.13. The van der Waals surface area contributed by atoms with Crippen molar-refractivity contribution in [2.45, 2.75) is 25.7 Å². The van der Waals surface area contributed by atoms with Crippen LogP contribution in [0.25, 0.3) is 0 Å². The molecule has 0 saturated heterocycles. The van der Waals surface area contributed by atoms with Crippen LogP contribution in [0.1, 0.15) is 31.2 Å². The van der Waals surface area contributed by atoms with E-state index in [2.05, 4.69) is 19.1 Å². The Labute approximate surface area is 96.5 Å². The molecule has 1 aliphatic heterocycles. The summed E-state index contributed by atoms with van der Waals surface area (Å²) in [4.78, 5) is 0. The van der Waals surface area contributed by atoms with Crippen molar-refractivity contribution in [2.24, 2.45) is 5.73 Å². The Balaban J connectivity index is 2.20. The summed E-state index contributed by atoms with van der Waals surface area (Å²) in [5, 5.41) is 0. The number of ether oxygens (including phenoxy) is 2. The Bertz CT molecular complexity index is 352. The van der Waals surface area contributed by atoms with Crippen LogP contribution in [0.15, 0.2) is 18.2 Å². The molecule has 0 aromatic heterocycles. The summed E-state index contributed by atoms with van der Waals surface area (Å²) in [5.41, 5.74) is 6.85. The van der Waals surface area contributed by atoms with Crippen molar-refractivity contribution in [1.29, 1.82) is 0 Å². The third kappa shape index (κ3) is 2.47. The molecule has 2 N–H and O–H groups in total. The molecule has 3 heteroatoms. The number of rotatable bonds is 3. The Kier molecular flexibility index (Phi) is 3.67. The van der Waals surface area contributed by atoms with Gasteiger partial charge in [0.25, 0.3) is 0 Å². The van der Waals surface area contributed by atoms with E-state index < -0.39 is 0 Å². The Morgan fingerprint density at radius 2 is 2.00 bits per heavy atom. The molecule has 0 bridgehead atoms. The van der Waals surface area contributed by atoms with Crippen molar-refractivity contribution in [3.05, 3.63) is 23.8 Å². The van der Waals surface area contributed by atoms with Crippen LogP contribution < -0.4 is 15.2 Å². The fraction of sp³-hybridized carbons (Fsp3) is 0.538. The van der Waals surface area contributed by atoms with Crippen molar-refractivity contribution in [2.75, 3.05) is 19.8 Å². The van der Waals surface area contributed by atoms with Gasteiger partial charge in [-0.05, 0) is 36.6 Å². The molecular weight excluding hydrogens is 202 g/mol. The molecule has 0 amide bonds. The van der Waals surface area contributed by atoms with Crippen molar-refractivity contribution in [3.63, 3.8) is 0 Å². The highest BCUT2D eigenvalue weighted by Crippen LogP contribution is 2.33. The first-order valence-corrected chi connectivity index (χ1v) is 5.91. The fourth-order valence-corrected chi connectivity index (χ4v) is 1.90. The highest BCUT2D eigenvalue weighted by molar-refractivity contribution is 5.44. The van der Waals surface area contributed by atoms with Gasteiger partial charge in [-0.15, -0.1) is 0 Å². The maximum absolute atomic E-state index is 5.66. The Hall–Kier alpha value is -1.22. The van der Waals surface area contributed by atoms with Crippen molar-refractivity contribution < 1.29 is 9.47 Å². The van der Waals surface area contributed by atoms with E-state index in [1.807, 2.05) is 6.07 Å². The average Bonchev–Trinajstić information content (AvgIpc) is 2.53. The molecule has 1 heterocycles. The zero-order chi connectivity index (χ0) is 11.4. The van der Waals surface area contributed by atoms with Crippen LogP contribution in [-0.4, -0.2) is 19.8 Å². The lowest BCUT2D eigenvalue weighted by atomic mass is 9.97. The van der Waals surface area contributed by atoms with Crippen molar-refractivity contribution >= 4 is 0 Å². The van der Waals surface area contributed by atoms with Crippen LogP contribution >= 0.6 is 0 Å². The van der Waals surface area contributed by atoms with Gasteiger partial charge in [-0.2, -0.15) is 0 Å². The van der Waals surface area contributed by atoms with E-state index in [-0.39, 0.29) is 0 Å². The van der Waals surface area contributed by atoms with Gasteiger partial charge in [-0.1, -0.05) is 13.0 Å². The van der Waals surface area contributed by atoms with E-state index in [1.54, 1.807) is 0 Å². The van der Waals surface area contributed by atoms with Crippen LogP contribution in [0.2, 0.25) is 0 Å². The van der Waals surface area contributed by atoms with Gasteiger partial charge in [0.2, 0.25) is 0 Å². The maximum atomic E-state index is 5.66. The molecule has 88 valence electrons. The second-order valence-corrected chi connectivity index (χ2v) is 4.24. The lowest BCUT2D eigenvalue weighted by Gasteiger charge is -2.13. The third-order valence-electron chi connectivity index (χ3n) is 2.94. The minimum absolute atomic E-state index is 0.474. The van der Waals surface area contributed by atoms with Crippen LogP contribution in [0.3, 0.4) is 0 Å². The molecule has 1 atom stereocenters. The summed E-state index contributed by atoms with van der Waals surface area (Å²) >= 11 is 0. The summed E-state index contributed by atoms with van der Waals surface area (Å²) in [6.07, 6.45) is 1.95. The predicted molar refractivity (Wildman–Crippen MR) is 64.1 cm³/mol. The number of hydrogen-bond donors (Lipinski definition) is 1. The molecule has 0 saturated carbocycles. The van der Waals surface area contributed by atoms with Gasteiger partial charge >= 0.3 is 0 Å². The smallest absolute Gasteiger partial charge is 0.161 e. The van der Waals surface area contributed by atoms with Gasteiger partial charge < -0.3 is 15.2 Å². The second-order valence-electron chi connectivity index (χ2n) is 4.24. The first-order valence-electron chi connectivity index (χ1n) is 5.91. The third-order valence-corrected chi connectivity index (χ3v) is 2.94. The van der Waals surface area contributed by atoms with Crippen LogP contribution in [0.4, 0.5) is 0 Å². The first kappa shape index (κ1) is 11.3. The number of fused-ring (bicyclic) bond motifs is 1. The second kappa shape index (κ2) is 5.21. The molecule has 0 fully saturated rings. The van der Waals surface area contributed by atoms with Crippen LogP contribution in [0.5, 0.6) is 11.5 Å². The van der Waals surface area contributed by atoms with Crippen molar-refractivity contribution in [1.82, 2.24) is 0 Å². The zero-order valence-electron chi connectivity index (χ0n) is 9.74. The number of hydrogen-bond acceptors (Lipinski definition) is 3. The first-order chi connectivity index (χ1) is 7.81. The molecule has 0 aliphatic carbocycles. The molecule has 1 aromatic carbocycles. The number of nitrogens with two attached hydrogens (primary N) is 1. The van der Waals surface area contributed by atoms with E-state index in [0.717, 1.165) is 44.1 Å². The highest BCUT2D eigenvalue weighted by atomic mass is 16.5. The molecule has 0 radical (unpaired) electrons. The Morgan fingerprint density at radius 3 is 2.75 bits per heavy atom. The number of benzene rings is 1. The van der Waals surface area contributed by atoms with E-state index in [9.17, 15) is 0 Å². The largest absolute Gasteiger partial charge is 0.490 e. The lowest BCUT2D eigenvalue weighted by molar-refractivity contribution is 0.297. The topological polar surface area (TPSA) is 44.5 Å². The molecular formula is C13H19NO2. The molecule has 2 rings (SSSR count). The molecule has 3 nitrogen and oxygen atoms in total. The maximum Gasteiger partial charge on any atom is 0.161 e. The molecule has 1 aromatic rings. The van der Waals surface area contributed by atoms with Gasteiger partial charge in [0.1, 0.15) is 0 Å². The summed E-state index contributed by atoms with van der Waals surface area (Å²) in [6, 6.07) is 6.19. The summed E-state index contributed by atoms with van der Waals surface area (Å²) in [5.74, 6) is 2.21. The van der Waals surface area contributed by atoms with Crippen LogP contribution in [0, 0.1) is 0 Å². The van der Waals surface area contributed by atoms with Crippen molar-refractivity contribution in [3.8, 4) is 11.5 Å². The quantitative estimate of drug-likeness (QED) is 0.851. The minimum atomic E-state index is 0.474. The summed E-state index contributed by atoms with van der Waals surface area (Å²) in [7, 11) is 0. The Morgan fingerprint density at radius 1 is 1.25 bits per heavy atom. The zero-order valence-corrected chi connectivity index (χ0v) is 9.74. The van der Waals surface area contributed by atoms with Gasteiger partial charge in [-0.25, -0.2) is 0 Å². The summed E-state index contributed by atoms with van der Waals surface area (Å²) < 4.78 is 11.3. The molecule has 16 heavy (non-hydrogen) atoms. The summed E-state index contributed by atoms with van der Waals surface area (Å²) in [6.45, 7) is 4.38. The van der Waals surface area contributed by atoms with E-state index >= 15 is 0 Å². The van der Waals surface area contributed by atoms with Gasteiger partial charge in [0.15, 0.2) is 11.5 Å². The standard InChI is InChI=1S/C13H19NO2/c1-10(5-6-14)11-3-4-12-13(9-11)16-8-2-7-15-12/h3-4,9-10H,2,5-8,14H2,1H3. The normalized spacial score (nSPS) is 16.6. The molecule has 1 aliphatic rings. The predicted octanol–water partition coefficient (Wildman–Crippen LogP) is 2.30. The lowest BCUT2D eigenvalue weighted by Crippen LogP contribution is -2.04. The fourth-order valence-electron chi connectivity index (χ4n) is 1.90. The van der Waals surface area contributed by atoms with E-state index in [4.69, 9.17) is 15.2 Å². The minimum Gasteiger partial charge on any atom is -0.490 e. The SMILES string of the molecule is CC(CCN)c1ccc2c(c1)OCCCO2. The van der Waals surface area contributed by atoms with Crippen LogP contribution in [-0.2, 0) is 0 Å². The molecule has 1 unspecified atom stereocenters. The molecule has 0 spiro atoms. The van der Waals surface area contributed by atoms with E-state index in [1.165, 1.54) is 5.56 Å². The van der Waals surface area contributed by atoms with Gasteiger partial charge in [-0.3, -0.25) is 0 Å².